The molecule has 0 amide bonds. The van der Waals surface area contributed by atoms with E-state index in [1.54, 1.807) is 0 Å². The highest BCUT2D eigenvalue weighted by molar-refractivity contribution is 6.33. The van der Waals surface area contributed by atoms with Crippen LogP contribution in [0.3, 0.4) is 0 Å². The SMILES string of the molecule is CC.O=c1cc2c(Cl)cc(C(F)(F)F)cn2[nH]1. The topological polar surface area (TPSA) is 37.3 Å². The van der Waals surface area contributed by atoms with Crippen LogP contribution in [0.1, 0.15) is 19.4 Å². The van der Waals surface area contributed by atoms with E-state index in [0.717, 1.165) is 22.8 Å². The predicted octanol–water partition coefficient (Wildman–Crippen LogP) is 3.33. The van der Waals surface area contributed by atoms with Crippen LogP contribution in [-0.4, -0.2) is 9.61 Å². The molecule has 1 N–H and O–H groups in total. The van der Waals surface area contributed by atoms with Gasteiger partial charge in [-0.15, -0.1) is 0 Å². The van der Waals surface area contributed by atoms with Crippen molar-refractivity contribution in [2.45, 2.75) is 20.0 Å². The van der Waals surface area contributed by atoms with Gasteiger partial charge in [0, 0.05) is 12.3 Å². The Morgan fingerprint density at radius 2 is 1.88 bits per heavy atom. The first kappa shape index (κ1) is 13.6. The molecule has 2 rings (SSSR count). The van der Waals surface area contributed by atoms with Gasteiger partial charge < -0.3 is 0 Å². The van der Waals surface area contributed by atoms with Crippen LogP contribution in [0.5, 0.6) is 0 Å². The van der Waals surface area contributed by atoms with Crippen molar-refractivity contribution in [2.24, 2.45) is 0 Å². The molecule has 0 bridgehead atoms. The predicted molar refractivity (Wildman–Crippen MR) is 59.4 cm³/mol. The summed E-state index contributed by atoms with van der Waals surface area (Å²) >= 11 is 5.60. The summed E-state index contributed by atoms with van der Waals surface area (Å²) < 4.78 is 38.0. The van der Waals surface area contributed by atoms with E-state index in [1.165, 1.54) is 0 Å². The fourth-order valence-electron chi connectivity index (χ4n) is 1.23. The molecule has 0 fully saturated rings. The molecule has 3 nitrogen and oxygen atoms in total. The van der Waals surface area contributed by atoms with Gasteiger partial charge in [0.25, 0.3) is 5.56 Å². The summed E-state index contributed by atoms with van der Waals surface area (Å²) in [6.07, 6.45) is -3.71. The molecule has 0 saturated carbocycles. The molecular weight excluding hydrogens is 257 g/mol. The molecule has 17 heavy (non-hydrogen) atoms. The summed E-state index contributed by atoms with van der Waals surface area (Å²) in [5.74, 6) is 0. The Bertz CT molecular complexity index is 571. The highest BCUT2D eigenvalue weighted by Crippen LogP contribution is 2.31. The average Bonchev–Trinajstić information content (AvgIpc) is 2.61. The Morgan fingerprint density at radius 3 is 2.41 bits per heavy atom. The number of aromatic nitrogens is 2. The first-order valence-corrected chi connectivity index (χ1v) is 5.24. The monoisotopic (exact) mass is 266 g/mol. The van der Waals surface area contributed by atoms with Crippen molar-refractivity contribution in [3.8, 4) is 0 Å². The molecular formula is C10H10ClF3N2O. The summed E-state index contributed by atoms with van der Waals surface area (Å²) in [5.41, 5.74) is -1.20. The lowest BCUT2D eigenvalue weighted by Crippen LogP contribution is -2.07. The Labute approximate surface area is 99.8 Å². The van der Waals surface area contributed by atoms with Crippen LogP contribution in [0.25, 0.3) is 5.52 Å². The molecule has 2 aromatic heterocycles. The van der Waals surface area contributed by atoms with Gasteiger partial charge in [-0.25, -0.2) is 0 Å². The summed E-state index contributed by atoms with van der Waals surface area (Å²) in [5, 5.41) is 2.07. The quantitative estimate of drug-likeness (QED) is 0.780. The average molecular weight is 267 g/mol. The second kappa shape index (κ2) is 4.83. The first-order chi connectivity index (χ1) is 7.88. The molecule has 0 aliphatic rings. The van der Waals surface area contributed by atoms with Crippen molar-refractivity contribution in [1.82, 2.24) is 9.61 Å². The van der Waals surface area contributed by atoms with Crippen LogP contribution in [0.15, 0.2) is 23.1 Å². The third-order valence-corrected chi connectivity index (χ3v) is 2.18. The fourth-order valence-corrected chi connectivity index (χ4v) is 1.50. The molecule has 0 aliphatic heterocycles. The van der Waals surface area contributed by atoms with Gasteiger partial charge in [0.15, 0.2) is 0 Å². The van der Waals surface area contributed by atoms with Gasteiger partial charge in [-0.1, -0.05) is 25.4 Å². The fraction of sp³-hybridized carbons (Fsp3) is 0.300. The highest BCUT2D eigenvalue weighted by Gasteiger charge is 2.31. The Morgan fingerprint density at radius 1 is 1.29 bits per heavy atom. The maximum absolute atomic E-state index is 12.3. The van der Waals surface area contributed by atoms with E-state index in [9.17, 15) is 18.0 Å². The van der Waals surface area contributed by atoms with E-state index >= 15 is 0 Å². The van der Waals surface area contributed by atoms with Crippen LogP contribution in [0, 0.1) is 0 Å². The van der Waals surface area contributed by atoms with Crippen molar-refractivity contribution < 1.29 is 13.2 Å². The third-order valence-electron chi connectivity index (χ3n) is 1.88. The van der Waals surface area contributed by atoms with Gasteiger partial charge in [-0.05, 0) is 6.07 Å². The molecule has 0 atom stereocenters. The van der Waals surface area contributed by atoms with Crippen LogP contribution >= 0.6 is 11.6 Å². The minimum absolute atomic E-state index is 0.122. The number of alkyl halides is 3. The van der Waals surface area contributed by atoms with Crippen LogP contribution in [0.2, 0.25) is 5.02 Å². The zero-order valence-electron chi connectivity index (χ0n) is 9.10. The summed E-state index contributed by atoms with van der Waals surface area (Å²) in [7, 11) is 0. The number of aromatic amines is 1. The molecule has 2 heterocycles. The standard InChI is InChI=1S/C8H4ClF3N2O.C2H6/c9-5-1-4(8(10,11)12)3-14-6(5)2-7(15)13-14;1-2/h1-3H,(H,13,15);1-2H3. The van der Waals surface area contributed by atoms with Crippen LogP contribution in [0.4, 0.5) is 13.2 Å². The number of nitrogens with zero attached hydrogens (tertiary/aromatic N) is 1. The van der Waals surface area contributed by atoms with E-state index in [0.29, 0.717) is 0 Å². The lowest BCUT2D eigenvalue weighted by molar-refractivity contribution is -0.137. The van der Waals surface area contributed by atoms with Crippen molar-refractivity contribution in [2.75, 3.05) is 0 Å². The number of pyridine rings is 1. The molecule has 0 saturated heterocycles. The number of hydrogen-bond donors (Lipinski definition) is 1. The minimum Gasteiger partial charge on any atom is -0.268 e. The number of halogens is 4. The van der Waals surface area contributed by atoms with E-state index < -0.39 is 17.3 Å². The Kier molecular flexibility index (Phi) is 3.87. The summed E-state index contributed by atoms with van der Waals surface area (Å²) in [6.45, 7) is 4.00. The number of fused-ring (bicyclic) bond motifs is 1. The molecule has 94 valence electrons. The van der Waals surface area contributed by atoms with Crippen molar-refractivity contribution in [3.63, 3.8) is 0 Å². The summed E-state index contributed by atoms with van der Waals surface area (Å²) in [6, 6.07) is 1.91. The molecule has 0 aliphatic carbocycles. The zero-order valence-corrected chi connectivity index (χ0v) is 9.86. The van der Waals surface area contributed by atoms with Crippen molar-refractivity contribution in [3.05, 3.63) is 39.3 Å². The van der Waals surface area contributed by atoms with Crippen LogP contribution < -0.4 is 5.56 Å². The smallest absolute Gasteiger partial charge is 0.268 e. The Balaban J connectivity index is 0.000000686. The second-order valence-corrected chi connectivity index (χ2v) is 3.36. The lowest BCUT2D eigenvalue weighted by Gasteiger charge is -2.07. The normalized spacial score (nSPS) is 11.2. The van der Waals surface area contributed by atoms with Crippen molar-refractivity contribution >= 4 is 17.1 Å². The molecule has 7 heteroatoms. The van der Waals surface area contributed by atoms with Gasteiger partial charge in [-0.3, -0.25) is 14.4 Å². The first-order valence-electron chi connectivity index (χ1n) is 4.86. The zero-order chi connectivity index (χ0) is 13.2. The number of hydrogen-bond acceptors (Lipinski definition) is 1. The van der Waals surface area contributed by atoms with Gasteiger partial charge in [0.1, 0.15) is 0 Å². The number of H-pyrrole nitrogens is 1. The van der Waals surface area contributed by atoms with E-state index in [4.69, 9.17) is 11.6 Å². The lowest BCUT2D eigenvalue weighted by atomic mass is 10.2. The molecule has 0 aromatic carbocycles. The molecule has 2 aromatic rings. The minimum atomic E-state index is -4.49. The Hall–Kier alpha value is -1.43. The van der Waals surface area contributed by atoms with E-state index in [-0.39, 0.29) is 10.5 Å². The second-order valence-electron chi connectivity index (χ2n) is 2.95. The number of nitrogens with one attached hydrogen (secondary N) is 1. The third kappa shape index (κ3) is 2.82. The number of rotatable bonds is 0. The molecule has 0 unspecified atom stereocenters. The van der Waals surface area contributed by atoms with Gasteiger partial charge in [0.2, 0.25) is 0 Å². The summed E-state index contributed by atoms with van der Waals surface area (Å²) in [4.78, 5) is 10.9. The highest BCUT2D eigenvalue weighted by atomic mass is 35.5. The largest absolute Gasteiger partial charge is 0.417 e. The van der Waals surface area contributed by atoms with Gasteiger partial charge in [0.05, 0.1) is 16.1 Å². The maximum Gasteiger partial charge on any atom is 0.417 e. The van der Waals surface area contributed by atoms with Gasteiger partial charge in [-0.2, -0.15) is 13.2 Å². The molecule has 0 spiro atoms. The molecule has 0 radical (unpaired) electrons. The maximum atomic E-state index is 12.3. The van der Waals surface area contributed by atoms with Crippen molar-refractivity contribution in [1.29, 1.82) is 0 Å². The van der Waals surface area contributed by atoms with Crippen LogP contribution in [-0.2, 0) is 6.18 Å². The van der Waals surface area contributed by atoms with Gasteiger partial charge >= 0.3 is 6.18 Å². The van der Waals surface area contributed by atoms with E-state index in [2.05, 4.69) is 5.10 Å². The van der Waals surface area contributed by atoms with E-state index in [1.807, 2.05) is 13.8 Å².